The molecule has 0 amide bonds. The second-order valence-corrected chi connectivity index (χ2v) is 8.66. The lowest BCUT2D eigenvalue weighted by Crippen LogP contribution is -2.27. The molecule has 190 valence electrons. The number of benzene rings is 1. The van der Waals surface area contributed by atoms with Crippen LogP contribution in [0.1, 0.15) is 16.2 Å². The third kappa shape index (κ3) is 7.21. The molecule has 3 aromatic rings. The molecular weight excluding hydrogens is 511 g/mol. The van der Waals surface area contributed by atoms with Crippen LogP contribution in [0.4, 0.5) is 17.3 Å². The lowest BCUT2D eigenvalue weighted by atomic mass is 10.0. The number of hydrogen-bond acceptors (Lipinski definition) is 11. The number of anilines is 2. The summed E-state index contributed by atoms with van der Waals surface area (Å²) < 4.78 is 0. The molecule has 0 saturated heterocycles. The van der Waals surface area contributed by atoms with Crippen LogP contribution in [0.15, 0.2) is 36.5 Å². The van der Waals surface area contributed by atoms with Crippen molar-refractivity contribution in [3.8, 4) is 11.3 Å². The molecule has 2 heterocycles. The Balaban J connectivity index is 1.63. The molecular formula is C22H24Cl2N8O4. The van der Waals surface area contributed by atoms with Gasteiger partial charge in [0.1, 0.15) is 5.82 Å². The number of rotatable bonds is 11. The predicted octanol–water partition coefficient (Wildman–Crippen LogP) is 3.21. The first kappa shape index (κ1) is 27.0. The van der Waals surface area contributed by atoms with Crippen molar-refractivity contribution in [3.63, 3.8) is 0 Å². The Hall–Kier alpha value is -3.58. The standard InChI is InChI=1S/C22H24Cl2N8O4/c1-31(2)10-7-13-12-27-21(30-19(13)15-4-3-14(23)11-16(15)24)22(33)36-28-9-8-26-18-6-5-17(32(34)35)20(25)29-18/h3-6,11-12,28H,7-10H2,1-2H3,(H3,25,26,29). The minimum Gasteiger partial charge on any atom is -0.378 e. The summed E-state index contributed by atoms with van der Waals surface area (Å²) in [4.78, 5) is 42.3. The fourth-order valence-corrected chi connectivity index (χ4v) is 3.57. The number of hydrogen-bond donors (Lipinski definition) is 3. The van der Waals surface area contributed by atoms with Gasteiger partial charge in [-0.3, -0.25) is 10.1 Å². The van der Waals surface area contributed by atoms with Crippen molar-refractivity contribution < 1.29 is 14.6 Å². The van der Waals surface area contributed by atoms with Gasteiger partial charge in [0.15, 0.2) is 0 Å². The van der Waals surface area contributed by atoms with Gasteiger partial charge in [-0.2, -0.15) is 5.48 Å². The summed E-state index contributed by atoms with van der Waals surface area (Å²) in [5.74, 6) is -0.785. The number of aromatic nitrogens is 3. The van der Waals surface area contributed by atoms with E-state index in [0.717, 1.165) is 12.1 Å². The Bertz CT molecular complexity index is 1260. The Labute approximate surface area is 216 Å². The van der Waals surface area contributed by atoms with Crippen molar-refractivity contribution >= 4 is 46.5 Å². The Morgan fingerprint density at radius 2 is 1.97 bits per heavy atom. The van der Waals surface area contributed by atoms with Gasteiger partial charge >= 0.3 is 11.7 Å². The molecule has 0 saturated carbocycles. The minimum absolute atomic E-state index is 0.144. The van der Waals surface area contributed by atoms with Crippen molar-refractivity contribution in [2.45, 2.75) is 6.42 Å². The highest BCUT2D eigenvalue weighted by Crippen LogP contribution is 2.31. The molecule has 12 nitrogen and oxygen atoms in total. The molecule has 0 aliphatic rings. The molecule has 0 radical (unpaired) electrons. The van der Waals surface area contributed by atoms with E-state index in [1.807, 2.05) is 19.0 Å². The second-order valence-electron chi connectivity index (χ2n) is 7.81. The van der Waals surface area contributed by atoms with Gasteiger partial charge in [0.05, 0.1) is 15.6 Å². The van der Waals surface area contributed by atoms with Crippen molar-refractivity contribution in [2.75, 3.05) is 44.8 Å². The van der Waals surface area contributed by atoms with Gasteiger partial charge in [0.25, 0.3) is 0 Å². The molecule has 14 heteroatoms. The third-order valence-electron chi connectivity index (χ3n) is 4.86. The van der Waals surface area contributed by atoms with Gasteiger partial charge in [-0.05, 0) is 50.3 Å². The maximum atomic E-state index is 12.5. The third-order valence-corrected chi connectivity index (χ3v) is 5.41. The molecule has 36 heavy (non-hydrogen) atoms. The molecule has 4 N–H and O–H groups in total. The van der Waals surface area contributed by atoms with Gasteiger partial charge < -0.3 is 20.8 Å². The number of hydroxylamine groups is 1. The van der Waals surface area contributed by atoms with Crippen LogP contribution in [-0.2, 0) is 11.3 Å². The van der Waals surface area contributed by atoms with Crippen LogP contribution < -0.4 is 16.5 Å². The van der Waals surface area contributed by atoms with E-state index < -0.39 is 10.9 Å². The van der Waals surface area contributed by atoms with E-state index in [1.165, 1.54) is 12.1 Å². The second kappa shape index (κ2) is 12.4. The highest BCUT2D eigenvalue weighted by molar-refractivity contribution is 6.36. The minimum atomic E-state index is -0.779. The van der Waals surface area contributed by atoms with Gasteiger partial charge in [0.2, 0.25) is 11.6 Å². The SMILES string of the molecule is CN(C)CCc1cnc(C(=O)ONCCNc2ccc([N+](=O)[O-])c(N)n2)nc1-c1ccc(Cl)cc1Cl. The number of likely N-dealkylation sites (N-methyl/N-ethyl adjacent to an activating group) is 1. The van der Waals surface area contributed by atoms with Crippen molar-refractivity contribution in [2.24, 2.45) is 0 Å². The van der Waals surface area contributed by atoms with Crippen LogP contribution >= 0.6 is 23.2 Å². The quantitative estimate of drug-likeness (QED) is 0.188. The number of nitrogens with one attached hydrogen (secondary N) is 2. The summed E-state index contributed by atoms with van der Waals surface area (Å²) in [5.41, 5.74) is 9.76. The Morgan fingerprint density at radius 3 is 2.64 bits per heavy atom. The molecule has 2 aromatic heterocycles. The Morgan fingerprint density at radius 1 is 1.19 bits per heavy atom. The van der Waals surface area contributed by atoms with Gasteiger partial charge in [-0.1, -0.05) is 23.2 Å². The number of carbonyl (C=O) groups is 1. The number of nitrogen functional groups attached to an aromatic ring is 1. The zero-order chi connectivity index (χ0) is 26.2. The van der Waals surface area contributed by atoms with Crippen LogP contribution in [0.25, 0.3) is 11.3 Å². The molecule has 0 aliphatic carbocycles. The smallest absolute Gasteiger partial charge is 0.378 e. The maximum Gasteiger partial charge on any atom is 0.395 e. The maximum absolute atomic E-state index is 12.5. The number of halogens is 2. The van der Waals surface area contributed by atoms with Crippen LogP contribution in [-0.4, -0.2) is 64.5 Å². The van der Waals surface area contributed by atoms with Crippen LogP contribution in [0.3, 0.4) is 0 Å². The number of carbonyl (C=O) groups excluding carboxylic acids is 1. The lowest BCUT2D eigenvalue weighted by molar-refractivity contribution is -0.384. The summed E-state index contributed by atoms with van der Waals surface area (Å²) >= 11 is 12.4. The summed E-state index contributed by atoms with van der Waals surface area (Å²) in [6.45, 7) is 1.23. The van der Waals surface area contributed by atoms with E-state index in [2.05, 4.69) is 25.7 Å². The average Bonchev–Trinajstić information content (AvgIpc) is 2.82. The topological polar surface area (TPSA) is 161 Å². The number of pyridine rings is 1. The van der Waals surface area contributed by atoms with Crippen molar-refractivity contribution in [1.82, 2.24) is 25.3 Å². The van der Waals surface area contributed by atoms with Crippen LogP contribution in [0.5, 0.6) is 0 Å². The predicted molar refractivity (Wildman–Crippen MR) is 137 cm³/mol. The van der Waals surface area contributed by atoms with Crippen molar-refractivity contribution in [1.29, 1.82) is 0 Å². The lowest BCUT2D eigenvalue weighted by Gasteiger charge is -2.14. The molecule has 0 atom stereocenters. The molecule has 0 aliphatic heterocycles. The van der Waals surface area contributed by atoms with E-state index in [9.17, 15) is 14.9 Å². The molecule has 0 fully saturated rings. The monoisotopic (exact) mass is 534 g/mol. The van der Waals surface area contributed by atoms with Gasteiger partial charge in [-0.15, -0.1) is 0 Å². The number of nitrogens with zero attached hydrogens (tertiary/aromatic N) is 5. The largest absolute Gasteiger partial charge is 0.395 e. The zero-order valence-electron chi connectivity index (χ0n) is 19.5. The van der Waals surface area contributed by atoms with Gasteiger partial charge in [0, 0.05) is 42.5 Å². The van der Waals surface area contributed by atoms with E-state index in [4.69, 9.17) is 33.8 Å². The van der Waals surface area contributed by atoms with E-state index in [0.29, 0.717) is 33.5 Å². The van der Waals surface area contributed by atoms with E-state index in [-0.39, 0.29) is 30.4 Å². The van der Waals surface area contributed by atoms with Crippen LogP contribution in [0, 0.1) is 10.1 Å². The molecule has 0 bridgehead atoms. The molecule has 1 aromatic carbocycles. The first-order valence-electron chi connectivity index (χ1n) is 10.7. The van der Waals surface area contributed by atoms with E-state index in [1.54, 1.807) is 24.4 Å². The normalized spacial score (nSPS) is 10.9. The summed E-state index contributed by atoms with van der Waals surface area (Å²) in [7, 11) is 3.91. The molecule has 0 unspecified atom stereocenters. The highest BCUT2D eigenvalue weighted by atomic mass is 35.5. The van der Waals surface area contributed by atoms with Crippen molar-refractivity contribution in [3.05, 3.63) is 68.1 Å². The fourth-order valence-electron chi connectivity index (χ4n) is 3.07. The first-order valence-corrected chi connectivity index (χ1v) is 11.5. The fraction of sp³-hybridized carbons (Fsp3) is 0.273. The summed E-state index contributed by atoms with van der Waals surface area (Å²) in [6.07, 6.45) is 2.22. The average molecular weight is 535 g/mol. The zero-order valence-corrected chi connectivity index (χ0v) is 21.0. The summed E-state index contributed by atoms with van der Waals surface area (Å²) in [6, 6.07) is 7.72. The number of nitro groups is 1. The summed E-state index contributed by atoms with van der Waals surface area (Å²) in [5, 5.41) is 14.6. The first-order chi connectivity index (χ1) is 17.2. The molecule has 0 spiro atoms. The Kier molecular flexibility index (Phi) is 9.31. The van der Waals surface area contributed by atoms with E-state index >= 15 is 0 Å². The number of nitrogens with two attached hydrogens (primary N) is 1. The molecule has 3 rings (SSSR count). The van der Waals surface area contributed by atoms with Gasteiger partial charge in [-0.25, -0.2) is 19.7 Å². The highest BCUT2D eigenvalue weighted by Gasteiger charge is 2.18. The van der Waals surface area contributed by atoms with Crippen LogP contribution in [0.2, 0.25) is 10.0 Å².